The highest BCUT2D eigenvalue weighted by Gasteiger charge is 2.09. The minimum Gasteiger partial charge on any atom is -0.424 e. The van der Waals surface area contributed by atoms with Crippen LogP contribution in [0.4, 0.5) is 0 Å². The van der Waals surface area contributed by atoms with Crippen LogP contribution in [0, 0.1) is 0 Å². The summed E-state index contributed by atoms with van der Waals surface area (Å²) in [6, 6.07) is 0. The van der Waals surface area contributed by atoms with Crippen LogP contribution in [0.3, 0.4) is 0 Å². The lowest BCUT2D eigenvalue weighted by molar-refractivity contribution is -0.0595. The summed E-state index contributed by atoms with van der Waals surface area (Å²) in [4.78, 5) is 0. The van der Waals surface area contributed by atoms with Crippen LogP contribution in [0.5, 0.6) is 0 Å². The summed E-state index contributed by atoms with van der Waals surface area (Å²) in [6.07, 6.45) is 2.75. The van der Waals surface area contributed by atoms with Crippen molar-refractivity contribution in [3.05, 3.63) is 0 Å². The summed E-state index contributed by atoms with van der Waals surface area (Å²) in [6.45, 7) is 2.47. The van der Waals surface area contributed by atoms with E-state index in [2.05, 4.69) is 11.5 Å². The molecule has 0 amide bonds. The first-order chi connectivity index (χ1) is 2.89. The van der Waals surface area contributed by atoms with E-state index in [4.69, 9.17) is 0 Å². The zero-order valence-electron chi connectivity index (χ0n) is 4.24. The molecule has 1 fully saturated rings. The predicted molar refractivity (Wildman–Crippen MR) is 26.0 cm³/mol. The van der Waals surface area contributed by atoms with Gasteiger partial charge < -0.3 is 4.37 Å². The van der Waals surface area contributed by atoms with Crippen molar-refractivity contribution >= 4 is 0 Å². The van der Waals surface area contributed by atoms with Crippen LogP contribution in [0.1, 0.15) is 12.8 Å². The van der Waals surface area contributed by atoms with Crippen molar-refractivity contribution in [1.29, 1.82) is 0 Å². The first-order valence-corrected chi connectivity index (χ1v) is 2.49. The summed E-state index contributed by atoms with van der Waals surface area (Å²) in [5.41, 5.74) is 0. The van der Waals surface area contributed by atoms with Gasteiger partial charge in [-0.2, -0.15) is 0 Å². The van der Waals surface area contributed by atoms with Crippen LogP contribution in [0.15, 0.2) is 0 Å². The molecule has 0 N–H and O–H groups in total. The second-order valence-electron chi connectivity index (χ2n) is 1.90. The predicted octanol–water partition coefficient (Wildman–Crippen LogP) is 0.962. The van der Waals surface area contributed by atoms with Gasteiger partial charge in [-0.1, -0.05) is 0 Å². The average Bonchev–Trinajstić information content (AvgIpc) is 1.86. The fourth-order valence-electron chi connectivity index (χ4n) is 0.799. The molecule has 1 heterocycles. The van der Waals surface area contributed by atoms with Gasteiger partial charge in [0.1, 0.15) is 20.3 Å². The van der Waals surface area contributed by atoms with Gasteiger partial charge in [-0.25, -0.2) is 0 Å². The number of hydrogen-bond donors (Lipinski definition) is 0. The average molecular weight is 87.1 g/mol. The van der Waals surface area contributed by atoms with E-state index in [1.807, 2.05) is 0 Å². The molecular weight excluding hydrogens is 76.1 g/mol. The highest BCUT2D eigenvalue weighted by atomic mass is 16.7. The van der Waals surface area contributed by atoms with Crippen LogP contribution in [-0.2, 0) is 4.37 Å². The Morgan fingerprint density at radius 3 is 1.83 bits per heavy atom. The van der Waals surface area contributed by atoms with Crippen molar-refractivity contribution in [3.63, 3.8) is 0 Å². The maximum Gasteiger partial charge on any atom is 0.145 e. The molecule has 0 aromatic carbocycles. The lowest BCUT2D eigenvalue weighted by Gasteiger charge is -2.00. The standard InChI is InChI=1S/C5H11O/c1-6-4-2-3-5-6/h2-5H2,1H3/q+1. The Morgan fingerprint density at radius 1 is 1.17 bits per heavy atom. The Hall–Kier alpha value is -0.0400. The Morgan fingerprint density at radius 2 is 1.67 bits per heavy atom. The van der Waals surface area contributed by atoms with E-state index in [1.165, 1.54) is 26.1 Å². The smallest absolute Gasteiger partial charge is 0.145 e. The van der Waals surface area contributed by atoms with Gasteiger partial charge in [0.15, 0.2) is 0 Å². The molecular formula is C5H11O+. The molecule has 1 rings (SSSR count). The third-order valence-electron chi connectivity index (χ3n) is 1.24. The normalized spacial score (nSPS) is 25.5. The molecule has 0 aromatic rings. The molecule has 0 aromatic heterocycles. The van der Waals surface area contributed by atoms with Gasteiger partial charge in [0.05, 0.1) is 0 Å². The zero-order chi connectivity index (χ0) is 4.41. The van der Waals surface area contributed by atoms with E-state index in [9.17, 15) is 0 Å². The summed E-state index contributed by atoms with van der Waals surface area (Å²) in [7, 11) is 2.09. The Labute approximate surface area is 38.6 Å². The minimum atomic E-state index is 1.24. The Balaban J connectivity index is 2.18. The van der Waals surface area contributed by atoms with Gasteiger partial charge in [-0.05, 0) is 0 Å². The monoisotopic (exact) mass is 87.1 g/mol. The molecule has 0 unspecified atom stereocenters. The van der Waals surface area contributed by atoms with E-state index < -0.39 is 0 Å². The fourth-order valence-corrected chi connectivity index (χ4v) is 0.799. The van der Waals surface area contributed by atoms with Crippen LogP contribution in [-0.4, -0.2) is 20.3 Å². The van der Waals surface area contributed by atoms with Crippen LogP contribution in [0.25, 0.3) is 0 Å². The molecule has 0 spiro atoms. The van der Waals surface area contributed by atoms with E-state index in [-0.39, 0.29) is 0 Å². The highest BCUT2D eigenvalue weighted by Crippen LogP contribution is 2.07. The molecule has 0 aliphatic carbocycles. The van der Waals surface area contributed by atoms with Crippen molar-refractivity contribution in [3.8, 4) is 0 Å². The molecule has 1 nitrogen and oxygen atoms in total. The van der Waals surface area contributed by atoms with Crippen molar-refractivity contribution in [2.75, 3.05) is 20.3 Å². The fraction of sp³-hybridized carbons (Fsp3) is 1.00. The maximum atomic E-state index is 3.02. The Kier molecular flexibility index (Phi) is 1.10. The van der Waals surface area contributed by atoms with Gasteiger partial charge in [0.25, 0.3) is 0 Å². The quantitative estimate of drug-likeness (QED) is 0.387. The molecule has 36 valence electrons. The van der Waals surface area contributed by atoms with Crippen LogP contribution >= 0.6 is 0 Å². The van der Waals surface area contributed by atoms with E-state index in [0.29, 0.717) is 0 Å². The van der Waals surface area contributed by atoms with E-state index >= 15 is 0 Å². The van der Waals surface area contributed by atoms with Crippen molar-refractivity contribution in [2.45, 2.75) is 12.8 Å². The lowest BCUT2D eigenvalue weighted by Crippen LogP contribution is -1.99. The molecule has 1 aliphatic heterocycles. The third kappa shape index (κ3) is 0.716. The summed E-state index contributed by atoms with van der Waals surface area (Å²) >= 11 is 0. The topological polar surface area (TPSA) is 2.70 Å². The second kappa shape index (κ2) is 1.61. The van der Waals surface area contributed by atoms with Gasteiger partial charge in [0.2, 0.25) is 0 Å². The largest absolute Gasteiger partial charge is 0.424 e. The molecule has 0 bridgehead atoms. The first kappa shape index (κ1) is 4.13. The molecule has 0 atom stereocenters. The van der Waals surface area contributed by atoms with Gasteiger partial charge in [-0.3, -0.25) is 0 Å². The first-order valence-electron chi connectivity index (χ1n) is 2.49. The lowest BCUT2D eigenvalue weighted by atomic mass is 10.4. The van der Waals surface area contributed by atoms with E-state index in [1.54, 1.807) is 0 Å². The van der Waals surface area contributed by atoms with Crippen molar-refractivity contribution in [2.24, 2.45) is 0 Å². The Bertz CT molecular complexity index is 37.2. The molecule has 1 saturated heterocycles. The zero-order valence-corrected chi connectivity index (χ0v) is 4.24. The number of rotatable bonds is 0. The van der Waals surface area contributed by atoms with Crippen molar-refractivity contribution < 1.29 is 4.37 Å². The highest BCUT2D eigenvalue weighted by molar-refractivity contribution is 4.49. The number of hydrogen-bond acceptors (Lipinski definition) is 0. The van der Waals surface area contributed by atoms with Gasteiger partial charge in [0, 0.05) is 12.8 Å². The van der Waals surface area contributed by atoms with Crippen LogP contribution < -0.4 is 0 Å². The van der Waals surface area contributed by atoms with Crippen LogP contribution in [0.2, 0.25) is 0 Å². The molecule has 6 heavy (non-hydrogen) atoms. The third-order valence-corrected chi connectivity index (χ3v) is 1.24. The SMILES string of the molecule is C[O+]1CCCC1. The minimum absolute atomic E-state index is 1.24. The molecule has 0 saturated carbocycles. The summed E-state index contributed by atoms with van der Waals surface area (Å²) in [5.74, 6) is 0. The van der Waals surface area contributed by atoms with Gasteiger partial charge >= 0.3 is 0 Å². The summed E-state index contributed by atoms with van der Waals surface area (Å²) in [5, 5.41) is 0. The molecule has 1 heteroatoms. The molecule has 0 radical (unpaired) electrons. The maximum absolute atomic E-state index is 3.02. The molecule has 1 aliphatic rings. The van der Waals surface area contributed by atoms with Gasteiger partial charge in [-0.15, -0.1) is 0 Å². The van der Waals surface area contributed by atoms with Crippen molar-refractivity contribution in [1.82, 2.24) is 0 Å². The second-order valence-corrected chi connectivity index (χ2v) is 1.90. The summed E-state index contributed by atoms with van der Waals surface area (Å²) < 4.78 is 3.02. The van der Waals surface area contributed by atoms with E-state index in [0.717, 1.165) is 0 Å².